The van der Waals surface area contributed by atoms with Gasteiger partial charge in [-0.15, -0.1) is 0 Å². The second-order valence-electron chi connectivity index (χ2n) is 3.91. The van der Waals surface area contributed by atoms with Crippen molar-refractivity contribution in [3.8, 4) is 0 Å². The molecule has 0 aromatic heterocycles. The van der Waals surface area contributed by atoms with Gasteiger partial charge in [-0.05, 0) is 18.8 Å². The number of thioether (sulfide) groups is 1. The third kappa shape index (κ3) is 2.29. The molecule has 1 fully saturated rings. The van der Waals surface area contributed by atoms with Crippen LogP contribution < -0.4 is 0 Å². The van der Waals surface area contributed by atoms with E-state index in [-0.39, 0.29) is 5.97 Å². The van der Waals surface area contributed by atoms with Crippen LogP contribution in [-0.4, -0.2) is 23.0 Å². The predicted octanol–water partition coefficient (Wildman–Crippen LogP) is 2.21. The van der Waals surface area contributed by atoms with Crippen molar-refractivity contribution in [2.24, 2.45) is 10.9 Å². The molecule has 1 saturated carbocycles. The Labute approximate surface area is 88.3 Å². The van der Waals surface area contributed by atoms with Crippen LogP contribution in [0.2, 0.25) is 0 Å². The van der Waals surface area contributed by atoms with Crippen molar-refractivity contribution in [3.05, 3.63) is 0 Å². The van der Waals surface area contributed by atoms with Gasteiger partial charge in [-0.1, -0.05) is 24.6 Å². The SMILES string of the molecule is CC(=O)OC1=NC(C2CCCC2)CS1. The molecule has 0 amide bonds. The molecule has 78 valence electrons. The molecule has 14 heavy (non-hydrogen) atoms. The van der Waals surface area contributed by atoms with Crippen LogP contribution in [0.15, 0.2) is 4.99 Å². The van der Waals surface area contributed by atoms with Crippen molar-refractivity contribution >= 4 is 23.0 Å². The van der Waals surface area contributed by atoms with Crippen LogP contribution in [0.1, 0.15) is 32.6 Å². The molecule has 0 aromatic rings. The maximum absolute atomic E-state index is 10.7. The third-order valence-corrected chi connectivity index (χ3v) is 3.77. The van der Waals surface area contributed by atoms with Gasteiger partial charge in [0.1, 0.15) is 0 Å². The molecule has 1 unspecified atom stereocenters. The second kappa shape index (κ2) is 4.34. The van der Waals surface area contributed by atoms with Gasteiger partial charge in [0.15, 0.2) is 0 Å². The standard InChI is InChI=1S/C10H15NO2S/c1-7(12)13-10-11-9(6-14-10)8-4-2-3-5-8/h8-9H,2-6H2,1H3. The molecule has 0 saturated heterocycles. The summed E-state index contributed by atoms with van der Waals surface area (Å²) in [5, 5.41) is 0.578. The van der Waals surface area contributed by atoms with Crippen LogP contribution in [0.25, 0.3) is 0 Å². The number of nitrogens with zero attached hydrogens (tertiary/aromatic N) is 1. The van der Waals surface area contributed by atoms with Gasteiger partial charge in [-0.2, -0.15) is 0 Å². The van der Waals surface area contributed by atoms with Gasteiger partial charge in [-0.3, -0.25) is 4.79 Å². The number of hydrogen-bond acceptors (Lipinski definition) is 4. The lowest BCUT2D eigenvalue weighted by Crippen LogP contribution is -2.15. The molecular weight excluding hydrogens is 198 g/mol. The Kier molecular flexibility index (Phi) is 3.11. The Bertz CT molecular complexity index is 259. The summed E-state index contributed by atoms with van der Waals surface area (Å²) in [5.41, 5.74) is 0. The van der Waals surface area contributed by atoms with Crippen LogP contribution in [0, 0.1) is 5.92 Å². The van der Waals surface area contributed by atoms with E-state index in [1.807, 2.05) is 0 Å². The van der Waals surface area contributed by atoms with E-state index in [0.717, 1.165) is 11.7 Å². The Balaban J connectivity index is 1.90. The maximum atomic E-state index is 10.7. The molecule has 1 aliphatic carbocycles. The summed E-state index contributed by atoms with van der Waals surface area (Å²) in [5.74, 6) is 1.46. The van der Waals surface area contributed by atoms with E-state index in [0.29, 0.717) is 11.3 Å². The summed E-state index contributed by atoms with van der Waals surface area (Å²) in [6, 6.07) is 0.400. The van der Waals surface area contributed by atoms with E-state index in [1.165, 1.54) is 32.6 Å². The van der Waals surface area contributed by atoms with Gasteiger partial charge >= 0.3 is 5.97 Å². The number of rotatable bonds is 1. The molecule has 0 bridgehead atoms. The van der Waals surface area contributed by atoms with Crippen LogP contribution in [0.5, 0.6) is 0 Å². The second-order valence-corrected chi connectivity index (χ2v) is 4.88. The summed E-state index contributed by atoms with van der Waals surface area (Å²) in [7, 11) is 0. The topological polar surface area (TPSA) is 38.7 Å². The third-order valence-electron chi connectivity index (χ3n) is 2.82. The van der Waals surface area contributed by atoms with Gasteiger partial charge in [0.05, 0.1) is 6.04 Å². The van der Waals surface area contributed by atoms with Gasteiger partial charge in [0, 0.05) is 12.7 Å². The molecule has 1 atom stereocenters. The zero-order chi connectivity index (χ0) is 9.97. The van der Waals surface area contributed by atoms with Crippen molar-refractivity contribution in [3.63, 3.8) is 0 Å². The van der Waals surface area contributed by atoms with E-state index < -0.39 is 0 Å². The van der Waals surface area contributed by atoms with Crippen molar-refractivity contribution in [1.82, 2.24) is 0 Å². The number of carbonyl (C=O) groups is 1. The van der Waals surface area contributed by atoms with E-state index in [4.69, 9.17) is 4.74 Å². The summed E-state index contributed by atoms with van der Waals surface area (Å²) >= 11 is 1.57. The zero-order valence-electron chi connectivity index (χ0n) is 8.36. The number of carbonyl (C=O) groups excluding carboxylic acids is 1. The van der Waals surface area contributed by atoms with Crippen LogP contribution in [0.3, 0.4) is 0 Å². The molecule has 0 radical (unpaired) electrons. The lowest BCUT2D eigenvalue weighted by atomic mass is 10.0. The fourth-order valence-corrected chi connectivity index (χ4v) is 3.18. The molecule has 0 spiro atoms. The van der Waals surface area contributed by atoms with Crippen molar-refractivity contribution in [2.75, 3.05) is 5.75 Å². The minimum atomic E-state index is -0.261. The lowest BCUT2D eigenvalue weighted by Gasteiger charge is -2.12. The fourth-order valence-electron chi connectivity index (χ4n) is 2.13. The Hall–Kier alpha value is -0.510. The first kappa shape index (κ1) is 10.0. The lowest BCUT2D eigenvalue weighted by molar-refractivity contribution is -0.132. The number of hydrogen-bond donors (Lipinski definition) is 0. The average Bonchev–Trinajstić information content (AvgIpc) is 2.69. The number of ether oxygens (including phenoxy) is 1. The van der Waals surface area contributed by atoms with Crippen molar-refractivity contribution in [1.29, 1.82) is 0 Å². The van der Waals surface area contributed by atoms with E-state index in [9.17, 15) is 4.79 Å². The highest BCUT2D eigenvalue weighted by Crippen LogP contribution is 2.34. The van der Waals surface area contributed by atoms with Crippen LogP contribution >= 0.6 is 11.8 Å². The summed E-state index contributed by atoms with van der Waals surface area (Å²) < 4.78 is 4.98. The first-order valence-electron chi connectivity index (χ1n) is 5.15. The first-order chi connectivity index (χ1) is 6.75. The molecule has 0 aromatic carbocycles. The minimum Gasteiger partial charge on any atom is -0.402 e. The molecule has 3 nitrogen and oxygen atoms in total. The predicted molar refractivity (Wildman–Crippen MR) is 57.4 cm³/mol. The van der Waals surface area contributed by atoms with E-state index >= 15 is 0 Å². The highest BCUT2D eigenvalue weighted by Gasteiger charge is 2.30. The van der Waals surface area contributed by atoms with E-state index in [2.05, 4.69) is 4.99 Å². The minimum absolute atomic E-state index is 0.261. The summed E-state index contributed by atoms with van der Waals surface area (Å²) in [6.45, 7) is 1.42. The molecule has 1 heterocycles. The number of aliphatic imine (C=N–C) groups is 1. The van der Waals surface area contributed by atoms with Crippen LogP contribution in [-0.2, 0) is 9.53 Å². The molecule has 0 N–H and O–H groups in total. The monoisotopic (exact) mass is 213 g/mol. The number of esters is 1. The molecular formula is C10H15NO2S. The van der Waals surface area contributed by atoms with E-state index in [1.54, 1.807) is 11.8 Å². The fraction of sp³-hybridized carbons (Fsp3) is 0.800. The van der Waals surface area contributed by atoms with Crippen molar-refractivity contribution < 1.29 is 9.53 Å². The Morgan fingerprint density at radius 3 is 2.86 bits per heavy atom. The van der Waals surface area contributed by atoms with Crippen molar-refractivity contribution in [2.45, 2.75) is 38.6 Å². The zero-order valence-corrected chi connectivity index (χ0v) is 9.18. The molecule has 2 rings (SSSR count). The smallest absolute Gasteiger partial charge is 0.309 e. The van der Waals surface area contributed by atoms with Gasteiger partial charge < -0.3 is 4.74 Å². The highest BCUT2D eigenvalue weighted by atomic mass is 32.2. The molecule has 4 heteroatoms. The maximum Gasteiger partial charge on any atom is 0.309 e. The summed E-state index contributed by atoms with van der Waals surface area (Å²) in [6.07, 6.45) is 5.26. The normalized spacial score (nSPS) is 27.8. The first-order valence-corrected chi connectivity index (χ1v) is 6.13. The van der Waals surface area contributed by atoms with Gasteiger partial charge in [0.25, 0.3) is 5.23 Å². The largest absolute Gasteiger partial charge is 0.402 e. The summed E-state index contributed by atoms with van der Waals surface area (Å²) in [4.78, 5) is 15.2. The Morgan fingerprint density at radius 1 is 1.50 bits per heavy atom. The average molecular weight is 213 g/mol. The Morgan fingerprint density at radius 2 is 2.21 bits per heavy atom. The van der Waals surface area contributed by atoms with Gasteiger partial charge in [0.2, 0.25) is 0 Å². The molecule has 2 aliphatic rings. The molecule has 1 aliphatic heterocycles. The highest BCUT2D eigenvalue weighted by molar-refractivity contribution is 8.13. The van der Waals surface area contributed by atoms with Gasteiger partial charge in [-0.25, -0.2) is 4.99 Å². The van der Waals surface area contributed by atoms with Crippen LogP contribution in [0.4, 0.5) is 0 Å². The quantitative estimate of drug-likeness (QED) is 0.627.